The van der Waals surface area contributed by atoms with Crippen molar-refractivity contribution in [2.24, 2.45) is 5.92 Å². The predicted molar refractivity (Wildman–Crippen MR) is 85.0 cm³/mol. The highest BCUT2D eigenvalue weighted by Crippen LogP contribution is 2.22. The second kappa shape index (κ2) is 8.26. The number of urea groups is 1. The van der Waals surface area contributed by atoms with Crippen LogP contribution in [0.1, 0.15) is 19.3 Å². The van der Waals surface area contributed by atoms with E-state index in [1.54, 1.807) is 0 Å². The van der Waals surface area contributed by atoms with Gasteiger partial charge in [0.05, 0.1) is 6.42 Å². The van der Waals surface area contributed by atoms with Crippen LogP contribution >= 0.6 is 0 Å². The number of amides is 2. The van der Waals surface area contributed by atoms with Gasteiger partial charge in [-0.1, -0.05) is 18.2 Å². The van der Waals surface area contributed by atoms with Crippen molar-refractivity contribution < 1.29 is 14.7 Å². The fourth-order valence-electron chi connectivity index (χ4n) is 2.69. The van der Waals surface area contributed by atoms with E-state index in [0.29, 0.717) is 12.5 Å². The number of hydrogen-bond donors (Lipinski definition) is 3. The minimum absolute atomic E-state index is 0.0569. The number of para-hydroxylation sites is 1. The number of benzene rings is 1. The zero-order valence-corrected chi connectivity index (χ0v) is 12.6. The third-order valence-electron chi connectivity index (χ3n) is 3.82. The van der Waals surface area contributed by atoms with Gasteiger partial charge >= 0.3 is 12.0 Å². The molecule has 1 aliphatic rings. The Morgan fingerprint density at radius 2 is 2.00 bits per heavy atom. The summed E-state index contributed by atoms with van der Waals surface area (Å²) >= 11 is 0. The maximum atomic E-state index is 11.6. The number of carbonyl (C=O) groups excluding carboxylic acids is 1. The van der Waals surface area contributed by atoms with Gasteiger partial charge in [0.2, 0.25) is 0 Å². The SMILES string of the molecule is O=C(O)CCNC(=O)NCC1CCCN(c2ccccc2)C1. The van der Waals surface area contributed by atoms with Crippen molar-refractivity contribution in [3.8, 4) is 0 Å². The Bertz CT molecular complexity index is 493. The molecule has 0 bridgehead atoms. The number of nitrogens with one attached hydrogen (secondary N) is 2. The number of anilines is 1. The monoisotopic (exact) mass is 305 g/mol. The molecule has 6 nitrogen and oxygen atoms in total. The first kappa shape index (κ1) is 16.1. The lowest BCUT2D eigenvalue weighted by Gasteiger charge is -2.34. The molecule has 3 N–H and O–H groups in total. The van der Waals surface area contributed by atoms with Gasteiger partial charge in [-0.15, -0.1) is 0 Å². The van der Waals surface area contributed by atoms with Gasteiger partial charge in [0, 0.05) is 31.9 Å². The van der Waals surface area contributed by atoms with Crippen LogP contribution in [-0.4, -0.2) is 43.3 Å². The smallest absolute Gasteiger partial charge is 0.314 e. The molecule has 1 aromatic rings. The fraction of sp³-hybridized carbons (Fsp3) is 0.500. The van der Waals surface area contributed by atoms with E-state index in [2.05, 4.69) is 27.7 Å². The number of carbonyl (C=O) groups is 2. The molecule has 120 valence electrons. The molecule has 0 radical (unpaired) electrons. The molecule has 2 rings (SSSR count). The van der Waals surface area contributed by atoms with Crippen LogP contribution in [0.2, 0.25) is 0 Å². The summed E-state index contributed by atoms with van der Waals surface area (Å²) in [6.45, 7) is 2.74. The Hall–Kier alpha value is -2.24. The molecule has 1 saturated heterocycles. The van der Waals surface area contributed by atoms with Crippen molar-refractivity contribution in [2.75, 3.05) is 31.1 Å². The minimum atomic E-state index is -0.911. The minimum Gasteiger partial charge on any atom is -0.481 e. The van der Waals surface area contributed by atoms with Crippen molar-refractivity contribution in [3.63, 3.8) is 0 Å². The van der Waals surface area contributed by atoms with E-state index in [-0.39, 0.29) is 19.0 Å². The van der Waals surface area contributed by atoms with Crippen molar-refractivity contribution in [3.05, 3.63) is 30.3 Å². The summed E-state index contributed by atoms with van der Waals surface area (Å²) in [5.74, 6) is -0.495. The number of aliphatic carboxylic acids is 1. The van der Waals surface area contributed by atoms with E-state index >= 15 is 0 Å². The Balaban J connectivity index is 1.72. The maximum absolute atomic E-state index is 11.6. The Kier molecular flexibility index (Phi) is 6.06. The molecular weight excluding hydrogens is 282 g/mol. The van der Waals surface area contributed by atoms with E-state index in [0.717, 1.165) is 25.9 Å². The second-order valence-electron chi connectivity index (χ2n) is 5.57. The number of rotatable bonds is 6. The van der Waals surface area contributed by atoms with Crippen molar-refractivity contribution in [2.45, 2.75) is 19.3 Å². The summed E-state index contributed by atoms with van der Waals surface area (Å²) in [6.07, 6.45) is 2.15. The highest BCUT2D eigenvalue weighted by molar-refractivity contribution is 5.74. The molecule has 1 fully saturated rings. The largest absolute Gasteiger partial charge is 0.481 e. The molecule has 0 spiro atoms. The van der Waals surface area contributed by atoms with Crippen molar-refractivity contribution >= 4 is 17.7 Å². The van der Waals surface area contributed by atoms with Crippen LogP contribution in [0.3, 0.4) is 0 Å². The lowest BCUT2D eigenvalue weighted by Crippen LogP contribution is -2.44. The second-order valence-corrected chi connectivity index (χ2v) is 5.57. The van der Waals surface area contributed by atoms with Crippen molar-refractivity contribution in [1.82, 2.24) is 10.6 Å². The zero-order valence-electron chi connectivity index (χ0n) is 12.6. The van der Waals surface area contributed by atoms with Crippen molar-refractivity contribution in [1.29, 1.82) is 0 Å². The molecule has 22 heavy (non-hydrogen) atoms. The van der Waals surface area contributed by atoms with Gasteiger partial charge < -0.3 is 20.6 Å². The summed E-state index contributed by atoms with van der Waals surface area (Å²) in [7, 11) is 0. The van der Waals surface area contributed by atoms with Crippen LogP contribution < -0.4 is 15.5 Å². The number of nitrogens with zero attached hydrogens (tertiary/aromatic N) is 1. The van der Waals surface area contributed by atoms with Gasteiger partial charge in [-0.2, -0.15) is 0 Å². The highest BCUT2D eigenvalue weighted by Gasteiger charge is 2.20. The Labute approximate surface area is 130 Å². The normalized spacial score (nSPS) is 17.8. The van der Waals surface area contributed by atoms with Gasteiger partial charge in [0.15, 0.2) is 0 Å². The Morgan fingerprint density at radius 3 is 2.73 bits per heavy atom. The van der Waals surface area contributed by atoms with Gasteiger partial charge in [-0.25, -0.2) is 4.79 Å². The quantitative estimate of drug-likeness (QED) is 0.747. The number of carboxylic acids is 1. The van der Waals surface area contributed by atoms with E-state index < -0.39 is 5.97 Å². The molecule has 1 aromatic carbocycles. The fourth-order valence-corrected chi connectivity index (χ4v) is 2.69. The molecule has 1 atom stereocenters. The summed E-state index contributed by atoms with van der Waals surface area (Å²) in [4.78, 5) is 24.3. The first-order valence-electron chi connectivity index (χ1n) is 7.68. The standard InChI is InChI=1S/C16H23N3O3/c20-15(21)8-9-17-16(22)18-11-13-5-4-10-19(12-13)14-6-2-1-3-7-14/h1-3,6-7,13H,4-5,8-12H2,(H,20,21)(H2,17,18,22). The molecule has 1 heterocycles. The maximum Gasteiger partial charge on any atom is 0.314 e. The molecule has 0 aromatic heterocycles. The topological polar surface area (TPSA) is 81.7 Å². The predicted octanol–water partition coefficient (Wildman–Crippen LogP) is 1.68. The van der Waals surface area contributed by atoms with Crippen LogP contribution in [0.5, 0.6) is 0 Å². The van der Waals surface area contributed by atoms with E-state index in [9.17, 15) is 9.59 Å². The average Bonchev–Trinajstić information content (AvgIpc) is 2.54. The molecule has 1 unspecified atom stereocenters. The summed E-state index contributed by atoms with van der Waals surface area (Å²) in [6, 6.07) is 10.00. The average molecular weight is 305 g/mol. The molecule has 6 heteroatoms. The third kappa shape index (κ3) is 5.27. The molecular formula is C16H23N3O3. The van der Waals surface area contributed by atoms with Crippen LogP contribution in [0.15, 0.2) is 30.3 Å². The lowest BCUT2D eigenvalue weighted by atomic mass is 9.97. The van der Waals surface area contributed by atoms with Crippen LogP contribution in [0.4, 0.5) is 10.5 Å². The van der Waals surface area contributed by atoms with Crippen LogP contribution in [-0.2, 0) is 4.79 Å². The lowest BCUT2D eigenvalue weighted by molar-refractivity contribution is -0.136. The Morgan fingerprint density at radius 1 is 1.23 bits per heavy atom. The van der Waals surface area contributed by atoms with E-state index in [1.165, 1.54) is 5.69 Å². The van der Waals surface area contributed by atoms with E-state index in [1.807, 2.05) is 18.2 Å². The number of carboxylic acid groups (broad SMARTS) is 1. The van der Waals surface area contributed by atoms with Crippen LogP contribution in [0, 0.1) is 5.92 Å². The van der Waals surface area contributed by atoms with Gasteiger partial charge in [-0.05, 0) is 30.9 Å². The first-order chi connectivity index (χ1) is 10.6. The summed E-state index contributed by atoms with van der Waals surface area (Å²) < 4.78 is 0. The molecule has 1 aliphatic heterocycles. The molecule has 0 saturated carbocycles. The number of hydrogen-bond acceptors (Lipinski definition) is 3. The third-order valence-corrected chi connectivity index (χ3v) is 3.82. The summed E-state index contributed by atoms with van der Waals surface area (Å²) in [5, 5.41) is 13.9. The van der Waals surface area contributed by atoms with Gasteiger partial charge in [0.25, 0.3) is 0 Å². The molecule has 2 amide bonds. The highest BCUT2D eigenvalue weighted by atomic mass is 16.4. The zero-order chi connectivity index (χ0) is 15.8. The van der Waals surface area contributed by atoms with E-state index in [4.69, 9.17) is 5.11 Å². The first-order valence-corrected chi connectivity index (χ1v) is 7.68. The molecule has 0 aliphatic carbocycles. The number of piperidine rings is 1. The van der Waals surface area contributed by atoms with Gasteiger partial charge in [-0.3, -0.25) is 4.79 Å². The van der Waals surface area contributed by atoms with Gasteiger partial charge in [0.1, 0.15) is 0 Å². The van der Waals surface area contributed by atoms with Crippen LogP contribution in [0.25, 0.3) is 0 Å². The summed E-state index contributed by atoms with van der Waals surface area (Å²) in [5.41, 5.74) is 1.22.